The van der Waals surface area contributed by atoms with Crippen LogP contribution in [0, 0.1) is 5.92 Å². The molecule has 0 saturated heterocycles. The Kier molecular flexibility index (Phi) is 3.40. The number of carbonyl (C=O) groups is 1. The highest BCUT2D eigenvalue weighted by Crippen LogP contribution is 2.22. The third kappa shape index (κ3) is 2.62. The Morgan fingerprint density at radius 3 is 2.94 bits per heavy atom. The number of benzene rings is 1. The number of hydrogen-bond acceptors (Lipinski definition) is 4. The normalized spacial score (nSPS) is 14.5. The van der Waals surface area contributed by atoms with Crippen molar-refractivity contribution in [2.75, 3.05) is 5.32 Å². The van der Waals surface area contributed by atoms with Crippen molar-refractivity contribution >= 4 is 33.1 Å². The molecule has 2 aromatic rings. The summed E-state index contributed by atoms with van der Waals surface area (Å²) in [6.07, 6.45) is 0. The Bertz CT molecular complexity index is 535. The first kappa shape index (κ1) is 12.0. The number of aromatic nitrogens is 1. The van der Waals surface area contributed by atoms with Gasteiger partial charge in [-0.05, 0) is 25.1 Å². The number of thiazole rings is 1. The van der Waals surface area contributed by atoms with Crippen molar-refractivity contribution in [3.63, 3.8) is 0 Å². The van der Waals surface area contributed by atoms with Gasteiger partial charge in [-0.25, -0.2) is 4.98 Å². The van der Waals surface area contributed by atoms with Crippen LogP contribution in [0.4, 0.5) is 5.69 Å². The highest BCUT2D eigenvalue weighted by atomic mass is 32.1. The van der Waals surface area contributed by atoms with Gasteiger partial charge in [-0.2, -0.15) is 0 Å². The quantitative estimate of drug-likeness (QED) is 0.876. The molecule has 0 aliphatic carbocycles. The summed E-state index contributed by atoms with van der Waals surface area (Å²) >= 11 is 1.56. The van der Waals surface area contributed by atoms with E-state index in [0.717, 1.165) is 15.9 Å². The zero-order valence-corrected chi connectivity index (χ0v) is 10.6. The van der Waals surface area contributed by atoms with E-state index in [1.54, 1.807) is 16.8 Å². The van der Waals surface area contributed by atoms with Crippen molar-refractivity contribution in [3.8, 4) is 0 Å². The average Bonchev–Trinajstić information content (AvgIpc) is 2.74. The van der Waals surface area contributed by atoms with Crippen LogP contribution >= 0.6 is 11.3 Å². The van der Waals surface area contributed by atoms with Gasteiger partial charge >= 0.3 is 0 Å². The molecule has 0 bridgehead atoms. The second kappa shape index (κ2) is 4.81. The molecule has 17 heavy (non-hydrogen) atoms. The zero-order chi connectivity index (χ0) is 12.4. The van der Waals surface area contributed by atoms with Gasteiger partial charge in [-0.3, -0.25) is 4.79 Å². The average molecular weight is 249 g/mol. The number of fused-ring (bicyclic) bond motifs is 1. The maximum absolute atomic E-state index is 11.8. The minimum absolute atomic E-state index is 0.0520. The predicted octanol–water partition coefficient (Wildman–Crippen LogP) is 2.22. The van der Waals surface area contributed by atoms with Gasteiger partial charge in [0.1, 0.15) is 0 Å². The van der Waals surface area contributed by atoms with E-state index in [0.29, 0.717) is 0 Å². The Labute approximate surface area is 104 Å². The van der Waals surface area contributed by atoms with Gasteiger partial charge < -0.3 is 11.1 Å². The molecular formula is C12H15N3OS. The van der Waals surface area contributed by atoms with Crippen LogP contribution in [0.15, 0.2) is 23.7 Å². The van der Waals surface area contributed by atoms with Crippen molar-refractivity contribution < 1.29 is 4.79 Å². The maximum Gasteiger partial charge on any atom is 0.228 e. The second-order valence-electron chi connectivity index (χ2n) is 4.17. The summed E-state index contributed by atoms with van der Waals surface area (Å²) in [6, 6.07) is 5.53. The minimum atomic E-state index is -0.202. The molecule has 0 aliphatic rings. The van der Waals surface area contributed by atoms with E-state index < -0.39 is 0 Å². The number of carbonyl (C=O) groups excluding carboxylic acids is 1. The van der Waals surface area contributed by atoms with Crippen LogP contribution in [0.2, 0.25) is 0 Å². The van der Waals surface area contributed by atoms with E-state index in [-0.39, 0.29) is 17.9 Å². The zero-order valence-electron chi connectivity index (χ0n) is 9.81. The lowest BCUT2D eigenvalue weighted by Gasteiger charge is -2.15. The molecule has 4 nitrogen and oxygen atoms in total. The van der Waals surface area contributed by atoms with Gasteiger partial charge in [0.2, 0.25) is 5.91 Å². The summed E-state index contributed by atoms with van der Waals surface area (Å²) < 4.78 is 1.07. The van der Waals surface area contributed by atoms with Crippen molar-refractivity contribution in [2.24, 2.45) is 11.7 Å². The van der Waals surface area contributed by atoms with Crippen LogP contribution in [0.25, 0.3) is 10.2 Å². The van der Waals surface area contributed by atoms with E-state index in [1.165, 1.54) is 0 Å². The molecule has 1 amide bonds. The largest absolute Gasteiger partial charge is 0.327 e. The van der Waals surface area contributed by atoms with Crippen LogP contribution in [-0.2, 0) is 4.79 Å². The van der Waals surface area contributed by atoms with Crippen LogP contribution < -0.4 is 11.1 Å². The predicted molar refractivity (Wildman–Crippen MR) is 71.1 cm³/mol. The van der Waals surface area contributed by atoms with E-state index in [4.69, 9.17) is 5.73 Å². The molecule has 0 spiro atoms. The lowest BCUT2D eigenvalue weighted by molar-refractivity contribution is -0.119. The molecule has 2 unspecified atom stereocenters. The minimum Gasteiger partial charge on any atom is -0.327 e. The summed E-state index contributed by atoms with van der Waals surface area (Å²) in [5.41, 5.74) is 9.23. The van der Waals surface area contributed by atoms with Gasteiger partial charge in [0.15, 0.2) is 0 Å². The molecule has 0 saturated carbocycles. The molecule has 2 atom stereocenters. The summed E-state index contributed by atoms with van der Waals surface area (Å²) in [5, 5.41) is 2.86. The molecule has 1 aromatic carbocycles. The van der Waals surface area contributed by atoms with Gasteiger partial charge in [0, 0.05) is 11.7 Å². The van der Waals surface area contributed by atoms with Crippen LogP contribution in [0.3, 0.4) is 0 Å². The van der Waals surface area contributed by atoms with Crippen molar-refractivity contribution in [1.29, 1.82) is 0 Å². The fourth-order valence-electron chi connectivity index (χ4n) is 1.43. The van der Waals surface area contributed by atoms with Gasteiger partial charge in [0.05, 0.1) is 21.6 Å². The van der Waals surface area contributed by atoms with Crippen LogP contribution in [-0.4, -0.2) is 16.9 Å². The Morgan fingerprint density at radius 1 is 1.47 bits per heavy atom. The number of nitrogens with zero attached hydrogens (tertiary/aromatic N) is 1. The Balaban J connectivity index is 2.15. The molecule has 90 valence electrons. The number of anilines is 1. The monoisotopic (exact) mass is 249 g/mol. The third-order valence-electron chi connectivity index (χ3n) is 2.80. The number of rotatable bonds is 3. The Hall–Kier alpha value is -1.46. The SMILES string of the molecule is CC(N)C(C)C(=O)Nc1ccc2ncsc2c1. The first-order valence-electron chi connectivity index (χ1n) is 5.47. The second-order valence-corrected chi connectivity index (χ2v) is 5.06. The van der Waals surface area contributed by atoms with Gasteiger partial charge in [-0.15, -0.1) is 11.3 Å². The molecular weight excluding hydrogens is 234 g/mol. The van der Waals surface area contributed by atoms with E-state index in [2.05, 4.69) is 10.3 Å². The van der Waals surface area contributed by atoms with E-state index in [9.17, 15) is 4.79 Å². The highest BCUT2D eigenvalue weighted by molar-refractivity contribution is 7.16. The molecule has 0 fully saturated rings. The smallest absolute Gasteiger partial charge is 0.228 e. The number of hydrogen-bond donors (Lipinski definition) is 2. The summed E-state index contributed by atoms with van der Waals surface area (Å²) in [7, 11) is 0. The summed E-state index contributed by atoms with van der Waals surface area (Å²) in [5.74, 6) is -0.254. The summed E-state index contributed by atoms with van der Waals surface area (Å²) in [6.45, 7) is 3.65. The molecule has 0 radical (unpaired) electrons. The van der Waals surface area contributed by atoms with Crippen LogP contribution in [0.5, 0.6) is 0 Å². The van der Waals surface area contributed by atoms with Crippen LogP contribution in [0.1, 0.15) is 13.8 Å². The van der Waals surface area contributed by atoms with E-state index >= 15 is 0 Å². The standard InChI is InChI=1S/C12H15N3OS/c1-7(8(2)13)12(16)15-9-3-4-10-11(5-9)17-6-14-10/h3-8H,13H2,1-2H3,(H,15,16). The van der Waals surface area contributed by atoms with Crippen molar-refractivity contribution in [2.45, 2.75) is 19.9 Å². The van der Waals surface area contributed by atoms with E-state index in [1.807, 2.05) is 32.0 Å². The molecule has 5 heteroatoms. The first-order chi connectivity index (χ1) is 8.08. The number of amides is 1. The highest BCUT2D eigenvalue weighted by Gasteiger charge is 2.17. The first-order valence-corrected chi connectivity index (χ1v) is 6.35. The lowest BCUT2D eigenvalue weighted by Crippen LogP contribution is -2.34. The van der Waals surface area contributed by atoms with Gasteiger partial charge in [0.25, 0.3) is 0 Å². The molecule has 1 heterocycles. The van der Waals surface area contributed by atoms with Gasteiger partial charge in [-0.1, -0.05) is 6.92 Å². The number of nitrogens with two attached hydrogens (primary N) is 1. The molecule has 3 N–H and O–H groups in total. The van der Waals surface area contributed by atoms with Crippen molar-refractivity contribution in [3.05, 3.63) is 23.7 Å². The third-order valence-corrected chi connectivity index (χ3v) is 3.59. The fourth-order valence-corrected chi connectivity index (χ4v) is 2.14. The lowest BCUT2D eigenvalue weighted by atomic mass is 10.0. The van der Waals surface area contributed by atoms with Crippen molar-refractivity contribution in [1.82, 2.24) is 4.98 Å². The molecule has 2 rings (SSSR count). The number of nitrogens with one attached hydrogen (secondary N) is 1. The summed E-state index contributed by atoms with van der Waals surface area (Å²) in [4.78, 5) is 16.0. The molecule has 0 aliphatic heterocycles. The topological polar surface area (TPSA) is 68.0 Å². The maximum atomic E-state index is 11.8. The fraction of sp³-hybridized carbons (Fsp3) is 0.333. The Morgan fingerprint density at radius 2 is 2.24 bits per heavy atom. The molecule has 1 aromatic heterocycles.